The standard InChI is InChI=1S/C28H33ClN4O8/c1-7-39-27(35)24-16(4)31-28(36)32-25(24)18-8-9-20(21(12-18)37-5)40-14-23(34)33-30-13-17-10-19(29)26(41-15(2)3)22(11-17)38-6/h8-13,15,25H,7,14H2,1-6H3,(H,33,34)(H2,31,32,36)/b30-13+/t25-/m0/s1. The predicted octanol–water partition coefficient (Wildman–Crippen LogP) is 3.86. The van der Waals surface area contributed by atoms with Crippen LogP contribution < -0.4 is 35.0 Å². The molecule has 2 aromatic carbocycles. The highest BCUT2D eigenvalue weighted by atomic mass is 35.5. The van der Waals surface area contributed by atoms with E-state index in [0.29, 0.717) is 33.3 Å². The van der Waals surface area contributed by atoms with Gasteiger partial charge in [0, 0.05) is 5.70 Å². The first-order valence-electron chi connectivity index (χ1n) is 12.7. The number of esters is 1. The van der Waals surface area contributed by atoms with Crippen LogP contribution in [0.4, 0.5) is 4.79 Å². The molecule has 3 amide bonds. The molecular weight excluding hydrogens is 556 g/mol. The molecule has 0 fully saturated rings. The van der Waals surface area contributed by atoms with Crippen molar-refractivity contribution >= 4 is 35.7 Å². The zero-order valence-electron chi connectivity index (χ0n) is 23.6. The van der Waals surface area contributed by atoms with Crippen LogP contribution in [-0.4, -0.2) is 57.7 Å². The van der Waals surface area contributed by atoms with Gasteiger partial charge in [0.05, 0.1) is 49.8 Å². The largest absolute Gasteiger partial charge is 0.493 e. The van der Waals surface area contributed by atoms with E-state index in [4.69, 9.17) is 35.3 Å². The number of rotatable bonds is 12. The molecule has 41 heavy (non-hydrogen) atoms. The van der Waals surface area contributed by atoms with Crippen molar-refractivity contribution in [2.45, 2.75) is 39.8 Å². The highest BCUT2D eigenvalue weighted by molar-refractivity contribution is 6.32. The Morgan fingerprint density at radius 2 is 1.85 bits per heavy atom. The molecule has 0 bridgehead atoms. The normalized spacial score (nSPS) is 14.8. The molecule has 1 aliphatic heterocycles. The van der Waals surface area contributed by atoms with Gasteiger partial charge in [0.2, 0.25) is 0 Å². The molecule has 0 saturated heterocycles. The Hall–Kier alpha value is -4.45. The number of halogens is 1. The number of nitrogens with zero attached hydrogens (tertiary/aromatic N) is 1. The Morgan fingerprint density at radius 3 is 2.51 bits per heavy atom. The van der Waals surface area contributed by atoms with Crippen LogP contribution in [0.1, 0.15) is 44.9 Å². The molecule has 220 valence electrons. The van der Waals surface area contributed by atoms with Crippen molar-refractivity contribution in [2.24, 2.45) is 5.10 Å². The van der Waals surface area contributed by atoms with Crippen LogP contribution in [0.25, 0.3) is 0 Å². The number of hydrogen-bond acceptors (Lipinski definition) is 9. The number of hydrogen-bond donors (Lipinski definition) is 3. The average molecular weight is 589 g/mol. The second kappa shape index (κ2) is 14.3. The van der Waals surface area contributed by atoms with Gasteiger partial charge in [0.15, 0.2) is 29.6 Å². The molecule has 0 unspecified atom stereocenters. The van der Waals surface area contributed by atoms with Crippen LogP contribution in [0.3, 0.4) is 0 Å². The molecule has 1 atom stereocenters. The van der Waals surface area contributed by atoms with E-state index in [2.05, 4.69) is 21.2 Å². The lowest BCUT2D eigenvalue weighted by Crippen LogP contribution is -2.45. The first-order chi connectivity index (χ1) is 19.6. The minimum absolute atomic E-state index is 0.0939. The number of carbonyl (C=O) groups excluding carboxylic acids is 3. The van der Waals surface area contributed by atoms with Crippen LogP contribution in [-0.2, 0) is 14.3 Å². The van der Waals surface area contributed by atoms with Crippen LogP contribution >= 0.6 is 11.6 Å². The minimum atomic E-state index is -0.776. The lowest BCUT2D eigenvalue weighted by atomic mass is 9.95. The molecule has 3 N–H and O–H groups in total. The van der Waals surface area contributed by atoms with E-state index >= 15 is 0 Å². The van der Waals surface area contributed by atoms with E-state index in [1.54, 1.807) is 44.2 Å². The van der Waals surface area contributed by atoms with E-state index in [-0.39, 0.29) is 36.4 Å². The molecule has 13 heteroatoms. The number of allylic oxidation sites excluding steroid dienone is 1. The lowest BCUT2D eigenvalue weighted by molar-refractivity contribution is -0.139. The average Bonchev–Trinajstić information content (AvgIpc) is 2.92. The summed E-state index contributed by atoms with van der Waals surface area (Å²) in [6.07, 6.45) is 1.31. The second-order valence-corrected chi connectivity index (χ2v) is 9.39. The van der Waals surface area contributed by atoms with E-state index in [1.807, 2.05) is 13.8 Å². The topological polar surface area (TPSA) is 146 Å². The van der Waals surface area contributed by atoms with Gasteiger partial charge in [-0.3, -0.25) is 4.79 Å². The van der Waals surface area contributed by atoms with Gasteiger partial charge in [0.1, 0.15) is 0 Å². The fourth-order valence-corrected chi connectivity index (χ4v) is 4.19. The van der Waals surface area contributed by atoms with Gasteiger partial charge >= 0.3 is 12.0 Å². The quantitative estimate of drug-likeness (QED) is 0.192. The van der Waals surface area contributed by atoms with Crippen molar-refractivity contribution in [3.8, 4) is 23.0 Å². The van der Waals surface area contributed by atoms with Gasteiger partial charge < -0.3 is 34.3 Å². The maximum atomic E-state index is 12.6. The number of methoxy groups -OCH3 is 2. The lowest BCUT2D eigenvalue weighted by Gasteiger charge is -2.28. The summed E-state index contributed by atoms with van der Waals surface area (Å²) in [6.45, 7) is 6.88. The number of ether oxygens (including phenoxy) is 5. The van der Waals surface area contributed by atoms with Crippen molar-refractivity contribution in [1.82, 2.24) is 16.1 Å². The summed E-state index contributed by atoms with van der Waals surface area (Å²) in [5.41, 5.74) is 4.17. The first kappa shape index (κ1) is 31.1. The van der Waals surface area contributed by atoms with Crippen molar-refractivity contribution in [3.05, 3.63) is 57.8 Å². The third-order valence-corrected chi connectivity index (χ3v) is 5.93. The molecular formula is C28H33ClN4O8. The number of amides is 3. The van der Waals surface area contributed by atoms with Gasteiger partial charge in [-0.05, 0) is 63.1 Å². The SMILES string of the molecule is CCOC(=O)C1=C(C)NC(=O)N[C@H]1c1ccc(OCC(=O)N/N=C/c2cc(Cl)c(OC(C)C)c(OC)c2)c(OC)c1. The molecule has 0 saturated carbocycles. The first-order valence-corrected chi connectivity index (χ1v) is 13.1. The summed E-state index contributed by atoms with van der Waals surface area (Å²) in [7, 11) is 2.93. The summed E-state index contributed by atoms with van der Waals surface area (Å²) in [4.78, 5) is 37.1. The number of carbonyl (C=O) groups is 3. The summed E-state index contributed by atoms with van der Waals surface area (Å²) in [5.74, 6) is 0.328. The van der Waals surface area contributed by atoms with Crippen molar-refractivity contribution in [1.29, 1.82) is 0 Å². The highest BCUT2D eigenvalue weighted by Crippen LogP contribution is 2.37. The Balaban J connectivity index is 1.67. The molecule has 0 spiro atoms. The summed E-state index contributed by atoms with van der Waals surface area (Å²) < 4.78 is 27.3. The predicted molar refractivity (Wildman–Crippen MR) is 152 cm³/mol. The minimum Gasteiger partial charge on any atom is -0.493 e. The Morgan fingerprint density at radius 1 is 1.12 bits per heavy atom. The fraction of sp³-hybridized carbons (Fsp3) is 0.357. The molecule has 1 aliphatic rings. The van der Waals surface area contributed by atoms with Crippen molar-refractivity contribution < 1.29 is 38.1 Å². The van der Waals surface area contributed by atoms with E-state index in [0.717, 1.165) is 0 Å². The molecule has 12 nitrogen and oxygen atoms in total. The van der Waals surface area contributed by atoms with Crippen LogP contribution in [0, 0.1) is 0 Å². The zero-order valence-corrected chi connectivity index (χ0v) is 24.4. The Labute approximate surface area is 243 Å². The number of nitrogens with one attached hydrogen (secondary N) is 3. The van der Waals surface area contributed by atoms with E-state index in [1.165, 1.54) is 20.4 Å². The van der Waals surface area contributed by atoms with Gasteiger partial charge in [-0.1, -0.05) is 17.7 Å². The Bertz CT molecular complexity index is 1360. The van der Waals surface area contributed by atoms with Crippen LogP contribution in [0.5, 0.6) is 23.0 Å². The fourth-order valence-electron chi connectivity index (χ4n) is 3.93. The zero-order chi connectivity index (χ0) is 30.1. The number of hydrazone groups is 1. The van der Waals surface area contributed by atoms with Gasteiger partial charge in [-0.15, -0.1) is 0 Å². The molecule has 0 radical (unpaired) electrons. The summed E-state index contributed by atoms with van der Waals surface area (Å²) in [5, 5.41) is 9.60. The maximum Gasteiger partial charge on any atom is 0.338 e. The number of benzene rings is 2. The molecule has 3 rings (SSSR count). The molecule has 1 heterocycles. The summed E-state index contributed by atoms with van der Waals surface area (Å²) >= 11 is 6.32. The van der Waals surface area contributed by atoms with Crippen molar-refractivity contribution in [2.75, 3.05) is 27.4 Å². The highest BCUT2D eigenvalue weighted by Gasteiger charge is 2.32. The third-order valence-electron chi connectivity index (χ3n) is 5.65. The molecule has 2 aromatic rings. The Kier molecular flexibility index (Phi) is 10.8. The second-order valence-electron chi connectivity index (χ2n) is 8.98. The van der Waals surface area contributed by atoms with Gasteiger partial charge in [-0.2, -0.15) is 5.10 Å². The third kappa shape index (κ3) is 8.04. The van der Waals surface area contributed by atoms with Crippen LogP contribution in [0.2, 0.25) is 5.02 Å². The molecule has 0 aliphatic carbocycles. The maximum absolute atomic E-state index is 12.6. The molecule has 0 aromatic heterocycles. The van der Waals surface area contributed by atoms with Crippen molar-refractivity contribution in [3.63, 3.8) is 0 Å². The number of urea groups is 1. The smallest absolute Gasteiger partial charge is 0.338 e. The van der Waals surface area contributed by atoms with Crippen LogP contribution in [0.15, 0.2) is 46.7 Å². The van der Waals surface area contributed by atoms with E-state index < -0.39 is 23.9 Å². The van der Waals surface area contributed by atoms with E-state index in [9.17, 15) is 14.4 Å². The monoisotopic (exact) mass is 588 g/mol. The van der Waals surface area contributed by atoms with Gasteiger partial charge in [0.25, 0.3) is 5.91 Å². The summed E-state index contributed by atoms with van der Waals surface area (Å²) in [6, 6.07) is 6.91. The van der Waals surface area contributed by atoms with Gasteiger partial charge in [-0.25, -0.2) is 15.0 Å².